The summed E-state index contributed by atoms with van der Waals surface area (Å²) in [6.07, 6.45) is 0. The summed E-state index contributed by atoms with van der Waals surface area (Å²) in [5.41, 5.74) is 37.6. The van der Waals surface area contributed by atoms with E-state index in [1.54, 1.807) is 0 Å². The lowest BCUT2D eigenvalue weighted by Gasteiger charge is -2.19. The van der Waals surface area contributed by atoms with Crippen LogP contribution in [0.1, 0.15) is 0 Å². The van der Waals surface area contributed by atoms with Crippen LogP contribution in [-0.2, 0) is 0 Å². The van der Waals surface area contributed by atoms with Gasteiger partial charge in [0.05, 0.1) is 55.9 Å². The second-order valence-electron chi connectivity index (χ2n) is 32.2. The minimum Gasteiger partial charge on any atom is -0.469 e. The number of fused-ring (bicyclic) bond motifs is 31. The zero-order valence-electron chi connectivity index (χ0n) is 66.1. The minimum absolute atomic E-state index is 0.0565. The van der Waals surface area contributed by atoms with E-state index in [0.717, 1.165) is 105 Å². The van der Waals surface area contributed by atoms with Crippen LogP contribution in [0.5, 0.6) is 0 Å². The molecule has 24 aromatic rings. The van der Waals surface area contributed by atoms with E-state index in [2.05, 4.69) is 396 Å². The van der Waals surface area contributed by atoms with Gasteiger partial charge in [0.15, 0.2) is 0 Å². The molecule has 17 aromatic carbocycles. The van der Waals surface area contributed by atoms with Crippen molar-refractivity contribution in [3.63, 3.8) is 0 Å². The Morgan fingerprint density at radius 1 is 0.172 bits per heavy atom. The van der Waals surface area contributed by atoms with E-state index in [9.17, 15) is 0 Å². The highest BCUT2D eigenvalue weighted by Crippen LogP contribution is 2.47. The van der Waals surface area contributed by atoms with E-state index < -0.39 is 0 Å². The van der Waals surface area contributed by atoms with Gasteiger partial charge in [-0.1, -0.05) is 361 Å². The third-order valence-electron chi connectivity index (χ3n) is 25.7. The molecule has 3 aliphatic rings. The summed E-state index contributed by atoms with van der Waals surface area (Å²) in [5.74, 6) is 0. The Kier molecular flexibility index (Phi) is 15.9. The van der Waals surface area contributed by atoms with Crippen molar-refractivity contribution in [3.05, 3.63) is 425 Å². The van der Waals surface area contributed by atoms with Crippen LogP contribution in [0.2, 0.25) is 0 Å². The summed E-state index contributed by atoms with van der Waals surface area (Å²) in [5, 5.41) is 10.9. The zero-order valence-corrected chi connectivity index (χ0v) is 66.1. The van der Waals surface area contributed by atoms with E-state index in [1.165, 1.54) is 127 Å². The van der Waals surface area contributed by atoms with Gasteiger partial charge in [-0.2, -0.15) is 0 Å². The minimum atomic E-state index is -0.223. The van der Waals surface area contributed by atoms with Crippen molar-refractivity contribution in [1.82, 2.24) is 13.7 Å². The first-order valence-corrected chi connectivity index (χ1v) is 42.0. The maximum atomic E-state index is 6.80. The monoisotopic (exact) mass is 1550 g/mol. The van der Waals surface area contributed by atoms with Crippen LogP contribution in [0.15, 0.2) is 442 Å². The lowest BCUT2D eigenvalue weighted by atomic mass is 9.36. The van der Waals surface area contributed by atoms with Crippen LogP contribution >= 0.6 is 0 Å². The second kappa shape index (κ2) is 28.0. The standard InChI is InChI=1S/C44H29BN2.C40H24BNO2.C28H17BO2/c1-3-15-31(16-4-1)46-40-25-13-9-19-33(40)37-29-30(27-28-42(37)46)45-38-23-11-7-20-34(38)43-36-22-10-14-26-41(36)47(32-17-5-2-6-18-32)44(43)35-21-8-12-24-39(35)45;1-2-14-30-29(13-1)37-31-15-5-9-19-35(31)43-39(37)41(40-38(30)32-16-6-10-20-36(32)44-40)25-21-23-26(24-22-25)42-33-17-7-3-11-27(33)28-12-4-8-18-34(28)42;1-2-10-18(11-3-1)29-27-25(21-14-6-8-16-23(21)30-27)19-12-4-5-13-20(19)26-22-15-7-9-17-24(22)31-28(26)29/h1-29H;1-24H;1-17H. The largest absolute Gasteiger partial charge is 0.469 e. The number of hydrogen-bond donors (Lipinski definition) is 0. The van der Waals surface area contributed by atoms with Gasteiger partial charge >= 0.3 is 13.4 Å². The van der Waals surface area contributed by atoms with Crippen LogP contribution in [0, 0.1) is 0 Å². The molecule has 0 radical (unpaired) electrons. The van der Waals surface area contributed by atoms with Gasteiger partial charge in [-0.25, -0.2) is 0 Å². The number of para-hydroxylation sites is 10. The van der Waals surface area contributed by atoms with Gasteiger partial charge in [-0.3, -0.25) is 0 Å². The quantitative estimate of drug-likeness (QED) is 0.156. The Hall–Kier alpha value is -15.8. The summed E-state index contributed by atoms with van der Waals surface area (Å²) >= 11 is 0. The van der Waals surface area contributed by atoms with Crippen molar-refractivity contribution in [3.8, 4) is 84.0 Å². The molecule has 0 fully saturated rings. The highest BCUT2D eigenvalue weighted by molar-refractivity contribution is 6.98. The average Bonchev–Trinajstić information content (AvgIpc) is 1.56. The summed E-state index contributed by atoms with van der Waals surface area (Å²) < 4.78 is 34.0. The zero-order chi connectivity index (χ0) is 80.0. The molecule has 3 aliphatic heterocycles. The normalized spacial score (nSPS) is 12.4. The first-order chi connectivity index (χ1) is 60.6. The SMILES string of the molecule is c1ccc(-n2c3c(c4ccccc42)-c2ccccc2B(c2ccc4c(c2)c2ccccc2n4-c2ccccc2)c2ccccc2-3)cc1.c1ccc(B2c3oc4ccccc4c3-c3ccccc3-c3c2oc2ccccc32)cc1.c1ccc2c(c1)-c1c(oc3ccccc13)B(c1ccc(-n3c4ccccc4c4ccccc43)cc1)c1oc3ccccc3c1-2. The fourth-order valence-electron chi connectivity index (χ4n) is 20.6. The molecule has 10 heteroatoms. The van der Waals surface area contributed by atoms with Crippen molar-refractivity contribution in [2.45, 2.75) is 0 Å². The molecule has 7 nitrogen and oxygen atoms in total. The molecular weight excluding hydrogens is 1480 g/mol. The molecule has 566 valence electrons. The van der Waals surface area contributed by atoms with Gasteiger partial charge in [0.2, 0.25) is 6.71 Å². The van der Waals surface area contributed by atoms with Gasteiger partial charge in [-0.15, -0.1) is 0 Å². The summed E-state index contributed by atoms with van der Waals surface area (Å²) in [4.78, 5) is 0. The van der Waals surface area contributed by atoms with Crippen molar-refractivity contribution < 1.29 is 17.7 Å². The van der Waals surface area contributed by atoms with Gasteiger partial charge < -0.3 is 31.4 Å². The molecule has 27 rings (SSSR count). The number of aromatic nitrogens is 3. The molecule has 0 saturated heterocycles. The van der Waals surface area contributed by atoms with Gasteiger partial charge in [0, 0.05) is 93.4 Å². The third-order valence-corrected chi connectivity index (χ3v) is 25.7. The highest BCUT2D eigenvalue weighted by atomic mass is 16.4. The number of nitrogens with zero attached hydrogens (tertiary/aromatic N) is 3. The maximum Gasteiger partial charge on any atom is 0.334 e. The molecule has 122 heavy (non-hydrogen) atoms. The van der Waals surface area contributed by atoms with E-state index in [4.69, 9.17) is 17.7 Å². The van der Waals surface area contributed by atoms with Gasteiger partial charge in [0.25, 0.3) is 0 Å². The molecular formula is C112H70B3N3O4. The smallest absolute Gasteiger partial charge is 0.334 e. The van der Waals surface area contributed by atoms with Gasteiger partial charge in [-0.05, 0) is 124 Å². The van der Waals surface area contributed by atoms with Crippen LogP contribution in [0.25, 0.3) is 182 Å². The van der Waals surface area contributed by atoms with E-state index in [-0.39, 0.29) is 20.1 Å². The second-order valence-corrected chi connectivity index (χ2v) is 32.2. The van der Waals surface area contributed by atoms with Crippen LogP contribution in [0.4, 0.5) is 0 Å². The fraction of sp³-hybridized carbons (Fsp3) is 0. The Balaban J connectivity index is 0.000000103. The molecule has 0 unspecified atom stereocenters. The van der Waals surface area contributed by atoms with Crippen molar-refractivity contribution in [2.24, 2.45) is 0 Å². The Labute approximate surface area is 703 Å². The molecule has 10 heterocycles. The fourth-order valence-corrected chi connectivity index (χ4v) is 20.6. The predicted octanol–water partition coefficient (Wildman–Crippen LogP) is 22.7. The van der Waals surface area contributed by atoms with E-state index >= 15 is 0 Å². The van der Waals surface area contributed by atoms with Crippen molar-refractivity contribution >= 4 is 168 Å². The molecule has 7 aromatic heterocycles. The van der Waals surface area contributed by atoms with Crippen LogP contribution < -0.4 is 50.0 Å². The average molecular weight is 1550 g/mol. The van der Waals surface area contributed by atoms with Crippen molar-refractivity contribution in [2.75, 3.05) is 0 Å². The number of furan rings is 4. The van der Waals surface area contributed by atoms with E-state index in [1.807, 2.05) is 42.5 Å². The molecule has 0 N–H and O–H groups in total. The lowest BCUT2D eigenvalue weighted by molar-refractivity contribution is 0.639. The Morgan fingerprint density at radius 2 is 0.459 bits per heavy atom. The number of benzene rings is 17. The van der Waals surface area contributed by atoms with E-state index in [0.29, 0.717) is 0 Å². The third kappa shape index (κ3) is 10.6. The summed E-state index contributed by atoms with van der Waals surface area (Å²) in [6, 6.07) is 152. The first-order valence-electron chi connectivity index (χ1n) is 42.0. The lowest BCUT2D eigenvalue weighted by Crippen LogP contribution is -2.52. The van der Waals surface area contributed by atoms with Crippen molar-refractivity contribution in [1.29, 1.82) is 0 Å². The Morgan fingerprint density at radius 3 is 0.893 bits per heavy atom. The highest BCUT2D eigenvalue weighted by Gasteiger charge is 2.43. The number of hydrogen-bond acceptors (Lipinski definition) is 4. The number of rotatable bonds is 6. The Bertz CT molecular complexity index is 8050. The summed E-state index contributed by atoms with van der Waals surface area (Å²) in [6.45, 7) is -0.293. The summed E-state index contributed by atoms with van der Waals surface area (Å²) in [7, 11) is 0. The first kappa shape index (κ1) is 69.4. The topological polar surface area (TPSA) is 67.3 Å². The maximum absolute atomic E-state index is 6.80. The van der Waals surface area contributed by atoms with Crippen LogP contribution in [0.3, 0.4) is 0 Å². The van der Waals surface area contributed by atoms with Crippen LogP contribution in [-0.4, -0.2) is 33.8 Å². The molecule has 0 aliphatic carbocycles. The molecule has 0 saturated carbocycles. The molecule has 0 atom stereocenters. The molecule has 0 spiro atoms. The molecule has 0 bridgehead atoms. The van der Waals surface area contributed by atoms with Gasteiger partial charge in [0.1, 0.15) is 22.3 Å². The predicted molar refractivity (Wildman–Crippen MR) is 510 cm³/mol. The molecule has 0 amide bonds.